The van der Waals surface area contributed by atoms with Gasteiger partial charge in [0, 0.05) is 27.4 Å². The summed E-state index contributed by atoms with van der Waals surface area (Å²) in [4.78, 5) is 21.4. The van der Waals surface area contributed by atoms with Crippen LogP contribution in [0.3, 0.4) is 0 Å². The maximum atomic E-state index is 10.7. The smallest absolute Gasteiger partial charge is 0.466 e. The third kappa shape index (κ3) is 13.2. The van der Waals surface area contributed by atoms with Crippen molar-refractivity contribution in [3.63, 3.8) is 0 Å². The molecule has 9 heteroatoms. The zero-order valence-electron chi connectivity index (χ0n) is 14.9. The predicted octanol–water partition coefficient (Wildman–Crippen LogP) is 1.11. The van der Waals surface area contributed by atoms with E-state index in [2.05, 4.69) is 9.47 Å². The van der Waals surface area contributed by atoms with Crippen molar-refractivity contribution in [2.24, 2.45) is 5.73 Å². The largest absolute Gasteiger partial charge is 0.500 e. The van der Waals surface area contributed by atoms with Gasteiger partial charge >= 0.3 is 20.7 Å². The Labute approximate surface area is 139 Å². The van der Waals surface area contributed by atoms with Crippen molar-refractivity contribution in [1.29, 1.82) is 0 Å². The van der Waals surface area contributed by atoms with Crippen LogP contribution in [0.5, 0.6) is 0 Å². The van der Waals surface area contributed by atoms with Crippen LogP contribution in [-0.4, -0.2) is 61.8 Å². The van der Waals surface area contributed by atoms with Crippen LogP contribution in [-0.2, 0) is 32.3 Å². The fraction of sp³-hybridized carbons (Fsp3) is 0.857. The molecule has 0 aliphatic carbocycles. The summed E-state index contributed by atoms with van der Waals surface area (Å²) in [6.07, 6.45) is 1.08. The first-order valence-corrected chi connectivity index (χ1v) is 9.55. The summed E-state index contributed by atoms with van der Waals surface area (Å²) in [5, 5.41) is 0. The number of esters is 2. The molecule has 0 aromatic rings. The molecular weight excluding hydrogens is 322 g/mol. The molecule has 0 unspecified atom stereocenters. The zero-order valence-corrected chi connectivity index (χ0v) is 15.9. The van der Waals surface area contributed by atoms with E-state index in [4.69, 9.17) is 19.0 Å². The van der Waals surface area contributed by atoms with Gasteiger partial charge in [-0.1, -0.05) is 0 Å². The lowest BCUT2D eigenvalue weighted by Gasteiger charge is -2.23. The Morgan fingerprint density at radius 3 is 1.52 bits per heavy atom. The van der Waals surface area contributed by atoms with Crippen LogP contribution in [0.15, 0.2) is 0 Å². The minimum absolute atomic E-state index is 0.104. The van der Waals surface area contributed by atoms with Gasteiger partial charge in [0.2, 0.25) is 0 Å². The van der Waals surface area contributed by atoms with Gasteiger partial charge in [-0.25, -0.2) is 0 Å². The molecule has 8 nitrogen and oxygen atoms in total. The third-order valence-electron chi connectivity index (χ3n) is 2.76. The van der Waals surface area contributed by atoms with Gasteiger partial charge in [-0.2, -0.15) is 0 Å². The number of carbonyl (C=O) groups excluding carboxylic acids is 2. The van der Waals surface area contributed by atoms with Crippen molar-refractivity contribution >= 4 is 20.7 Å². The molecule has 0 rings (SSSR count). The normalized spacial score (nSPS) is 10.5. The van der Waals surface area contributed by atoms with E-state index >= 15 is 0 Å². The molecule has 0 aromatic heterocycles. The number of hydrogen-bond acceptors (Lipinski definition) is 8. The van der Waals surface area contributed by atoms with Crippen molar-refractivity contribution in [2.45, 2.75) is 39.2 Å². The van der Waals surface area contributed by atoms with Crippen LogP contribution < -0.4 is 5.73 Å². The lowest BCUT2D eigenvalue weighted by atomic mass is 10.3. The Morgan fingerprint density at radius 2 is 1.26 bits per heavy atom. The Kier molecular flexibility index (Phi) is 16.7. The Balaban J connectivity index is 0. The standard InChI is InChI=1S/C8H14O4.C6H17NO3Si/c1-3-11-7(9)5-6-8(10)12-4-2;1-8-11(9-2,10-3)6-4-5-7/h3-6H2,1-2H3;4-7H2,1-3H3. The van der Waals surface area contributed by atoms with E-state index in [1.807, 2.05) is 0 Å². The molecule has 0 saturated carbocycles. The van der Waals surface area contributed by atoms with E-state index in [-0.39, 0.29) is 24.8 Å². The Bertz CT molecular complexity index is 285. The third-order valence-corrected chi connectivity index (χ3v) is 5.60. The highest BCUT2D eigenvalue weighted by atomic mass is 28.4. The Morgan fingerprint density at radius 1 is 0.870 bits per heavy atom. The van der Waals surface area contributed by atoms with E-state index in [9.17, 15) is 9.59 Å². The quantitative estimate of drug-likeness (QED) is 0.435. The van der Waals surface area contributed by atoms with Gasteiger partial charge in [0.15, 0.2) is 0 Å². The second-order valence-electron chi connectivity index (χ2n) is 4.30. The van der Waals surface area contributed by atoms with Gasteiger partial charge in [-0.15, -0.1) is 0 Å². The van der Waals surface area contributed by atoms with Crippen LogP contribution in [0, 0.1) is 0 Å². The summed E-state index contributed by atoms with van der Waals surface area (Å²) in [7, 11) is 2.50. The van der Waals surface area contributed by atoms with Crippen molar-refractivity contribution in [2.75, 3.05) is 41.1 Å². The first kappa shape index (κ1) is 24.3. The maximum Gasteiger partial charge on any atom is 0.500 e. The van der Waals surface area contributed by atoms with Crippen molar-refractivity contribution in [1.82, 2.24) is 0 Å². The molecule has 0 amide bonds. The van der Waals surface area contributed by atoms with E-state index in [1.165, 1.54) is 0 Å². The first-order chi connectivity index (χ1) is 10.9. The van der Waals surface area contributed by atoms with Crippen LogP contribution in [0.25, 0.3) is 0 Å². The van der Waals surface area contributed by atoms with Crippen LogP contribution >= 0.6 is 0 Å². The van der Waals surface area contributed by atoms with Crippen LogP contribution in [0.2, 0.25) is 6.04 Å². The highest BCUT2D eigenvalue weighted by Crippen LogP contribution is 2.13. The topological polar surface area (TPSA) is 106 Å². The van der Waals surface area contributed by atoms with Gasteiger partial charge < -0.3 is 28.5 Å². The minimum Gasteiger partial charge on any atom is -0.466 e. The second-order valence-corrected chi connectivity index (χ2v) is 7.39. The average Bonchev–Trinajstić information content (AvgIpc) is 2.56. The molecule has 0 aromatic carbocycles. The molecule has 0 fully saturated rings. The highest BCUT2D eigenvalue weighted by Gasteiger charge is 2.36. The second kappa shape index (κ2) is 15.9. The van der Waals surface area contributed by atoms with E-state index in [0.717, 1.165) is 12.5 Å². The maximum absolute atomic E-state index is 10.7. The molecule has 23 heavy (non-hydrogen) atoms. The molecule has 138 valence electrons. The average molecular weight is 353 g/mol. The van der Waals surface area contributed by atoms with Gasteiger partial charge in [0.1, 0.15) is 0 Å². The molecule has 0 aliphatic heterocycles. The minimum atomic E-state index is -2.32. The van der Waals surface area contributed by atoms with E-state index in [0.29, 0.717) is 19.8 Å². The lowest BCUT2D eigenvalue weighted by molar-refractivity contribution is -0.149. The van der Waals surface area contributed by atoms with E-state index < -0.39 is 8.80 Å². The van der Waals surface area contributed by atoms with Gasteiger partial charge in [-0.3, -0.25) is 9.59 Å². The molecule has 0 saturated heterocycles. The lowest BCUT2D eigenvalue weighted by Crippen LogP contribution is -2.42. The first-order valence-electron chi connectivity index (χ1n) is 7.61. The molecular formula is C14H31NO7Si. The van der Waals surface area contributed by atoms with E-state index in [1.54, 1.807) is 35.2 Å². The van der Waals surface area contributed by atoms with Gasteiger partial charge in [0.25, 0.3) is 0 Å². The summed E-state index contributed by atoms with van der Waals surface area (Å²) in [6.45, 7) is 4.79. The van der Waals surface area contributed by atoms with Crippen molar-refractivity contribution in [3.05, 3.63) is 0 Å². The number of nitrogens with two attached hydrogens (primary N) is 1. The summed E-state index contributed by atoms with van der Waals surface area (Å²) in [5.74, 6) is -0.712. The number of ether oxygens (including phenoxy) is 2. The van der Waals surface area contributed by atoms with Crippen LogP contribution in [0.1, 0.15) is 33.1 Å². The summed E-state index contributed by atoms with van der Waals surface area (Å²) < 4.78 is 24.8. The van der Waals surface area contributed by atoms with Crippen molar-refractivity contribution in [3.8, 4) is 0 Å². The Hall–Kier alpha value is -1.00. The van der Waals surface area contributed by atoms with Crippen molar-refractivity contribution < 1.29 is 32.3 Å². The fourth-order valence-electron chi connectivity index (χ4n) is 1.55. The fourth-order valence-corrected chi connectivity index (χ4v) is 3.29. The molecule has 0 radical (unpaired) electrons. The van der Waals surface area contributed by atoms with Gasteiger partial charge in [-0.05, 0) is 26.8 Å². The van der Waals surface area contributed by atoms with Gasteiger partial charge in [0.05, 0.1) is 26.1 Å². The molecule has 0 atom stereocenters. The zero-order chi connectivity index (χ0) is 18.1. The summed E-state index contributed by atoms with van der Waals surface area (Å²) >= 11 is 0. The predicted molar refractivity (Wildman–Crippen MR) is 87.8 cm³/mol. The summed E-state index contributed by atoms with van der Waals surface area (Å²) in [5.41, 5.74) is 5.36. The monoisotopic (exact) mass is 353 g/mol. The molecule has 0 bridgehead atoms. The molecule has 0 aliphatic rings. The number of hydrogen-bond donors (Lipinski definition) is 1. The highest BCUT2D eigenvalue weighted by molar-refractivity contribution is 6.60. The molecule has 2 N–H and O–H groups in total. The summed E-state index contributed by atoms with van der Waals surface area (Å²) in [6, 6.07) is 0.785. The number of carbonyl (C=O) groups is 2. The SMILES string of the molecule is CCOC(=O)CCC(=O)OCC.CO[Si](CCCN)(OC)OC. The molecule has 0 spiro atoms. The van der Waals surface area contributed by atoms with Crippen LogP contribution in [0.4, 0.5) is 0 Å². The number of rotatable bonds is 11. The molecule has 0 heterocycles.